The van der Waals surface area contributed by atoms with Gasteiger partial charge in [-0.1, -0.05) is 18.2 Å². The molecule has 1 saturated heterocycles. The molecule has 0 bridgehead atoms. The van der Waals surface area contributed by atoms with Crippen molar-refractivity contribution in [1.29, 1.82) is 0 Å². The first-order valence-electron chi connectivity index (χ1n) is 11.9. The molecule has 3 aromatic rings. The summed E-state index contributed by atoms with van der Waals surface area (Å²) in [5.41, 5.74) is 5.42. The molecular formula is C27H30N4O4. The number of anilines is 1. The average molecular weight is 475 g/mol. The summed E-state index contributed by atoms with van der Waals surface area (Å²) in [4.78, 5) is 32.0. The molecule has 0 radical (unpaired) electrons. The van der Waals surface area contributed by atoms with Crippen molar-refractivity contribution >= 4 is 28.4 Å². The lowest BCUT2D eigenvalue weighted by atomic mass is 9.80. The number of para-hydroxylation sites is 1. The molecule has 1 saturated carbocycles. The summed E-state index contributed by atoms with van der Waals surface area (Å²) in [6.45, 7) is 3.15. The Labute approximate surface area is 204 Å². The van der Waals surface area contributed by atoms with Crippen molar-refractivity contribution in [3.8, 4) is 5.75 Å². The zero-order valence-corrected chi connectivity index (χ0v) is 20.0. The first kappa shape index (κ1) is 23.3. The molecule has 0 unspecified atom stereocenters. The quantitative estimate of drug-likeness (QED) is 0.372. The fraction of sp³-hybridized carbons (Fsp3) is 0.370. The van der Waals surface area contributed by atoms with Crippen LogP contribution in [0.2, 0.25) is 0 Å². The average Bonchev–Trinajstić information content (AvgIpc) is 3.60. The number of ether oxygens (including phenoxy) is 1. The van der Waals surface area contributed by atoms with Crippen LogP contribution in [0, 0.1) is 18.3 Å². The van der Waals surface area contributed by atoms with Gasteiger partial charge >= 0.3 is 0 Å². The Hall–Kier alpha value is -3.49. The minimum Gasteiger partial charge on any atom is -0.489 e. The highest BCUT2D eigenvalue weighted by Crippen LogP contribution is 2.54. The first-order valence-corrected chi connectivity index (χ1v) is 11.9. The molecule has 2 atom stereocenters. The number of piperidine rings is 1. The summed E-state index contributed by atoms with van der Waals surface area (Å²) < 4.78 is 6.01. The number of carbonyl (C=O) groups excluding carboxylic acids is 2. The Kier molecular flexibility index (Phi) is 6.17. The first-order chi connectivity index (χ1) is 16.9. The van der Waals surface area contributed by atoms with Crippen LogP contribution in [0.4, 0.5) is 5.69 Å². The van der Waals surface area contributed by atoms with Crippen molar-refractivity contribution in [2.24, 2.45) is 11.3 Å². The standard InChI is InChI=1S/C27H30N4O4/c1-17-13-18(21-5-3-4-6-23(21)28-17)15-35-20-9-7-19(8-10-20)29-26(33)24-22(25(32)30-34)14-27(11-12-27)16-31(24)2/h3-10,13,22,24,34H,11-12,14-16H2,1-2H3,(H,29,33)(H,30,32)/t22-,24-/m0/s1. The lowest BCUT2D eigenvalue weighted by Crippen LogP contribution is -2.57. The molecule has 1 spiro atoms. The lowest BCUT2D eigenvalue weighted by molar-refractivity contribution is -0.143. The van der Waals surface area contributed by atoms with E-state index in [4.69, 9.17) is 4.74 Å². The number of benzene rings is 2. The van der Waals surface area contributed by atoms with Crippen molar-refractivity contribution in [3.05, 3.63) is 65.9 Å². The summed E-state index contributed by atoms with van der Waals surface area (Å²) in [6, 6.07) is 16.6. The third-order valence-electron chi connectivity index (χ3n) is 7.21. The van der Waals surface area contributed by atoms with E-state index in [9.17, 15) is 14.8 Å². The second-order valence-electron chi connectivity index (χ2n) is 9.89. The topological polar surface area (TPSA) is 104 Å². The number of aryl methyl sites for hydroxylation is 1. The maximum Gasteiger partial charge on any atom is 0.248 e. The molecule has 1 aliphatic carbocycles. The molecule has 2 aliphatic rings. The molecule has 2 aromatic carbocycles. The Balaban J connectivity index is 1.25. The van der Waals surface area contributed by atoms with E-state index in [1.165, 1.54) is 0 Å². The number of nitrogens with one attached hydrogen (secondary N) is 2. The summed E-state index contributed by atoms with van der Waals surface area (Å²) in [7, 11) is 1.86. The number of hydrogen-bond acceptors (Lipinski definition) is 6. The van der Waals surface area contributed by atoms with Gasteiger partial charge in [0.1, 0.15) is 18.4 Å². The van der Waals surface area contributed by atoms with Crippen molar-refractivity contribution in [1.82, 2.24) is 15.4 Å². The van der Waals surface area contributed by atoms with E-state index in [2.05, 4.69) is 10.3 Å². The van der Waals surface area contributed by atoms with Crippen LogP contribution in [-0.2, 0) is 16.2 Å². The molecule has 1 aliphatic heterocycles. The maximum absolute atomic E-state index is 13.1. The highest BCUT2D eigenvalue weighted by Gasteiger charge is 2.54. The third-order valence-corrected chi connectivity index (χ3v) is 7.21. The van der Waals surface area contributed by atoms with Gasteiger partial charge in [0.2, 0.25) is 11.8 Å². The highest BCUT2D eigenvalue weighted by molar-refractivity contribution is 5.98. The number of hydrogen-bond donors (Lipinski definition) is 3. The predicted molar refractivity (Wildman–Crippen MR) is 132 cm³/mol. The fourth-order valence-electron chi connectivity index (χ4n) is 5.34. The molecule has 2 amide bonds. The number of aromatic nitrogens is 1. The number of likely N-dealkylation sites (tertiary alicyclic amines) is 1. The van der Waals surface area contributed by atoms with Crippen molar-refractivity contribution in [3.63, 3.8) is 0 Å². The summed E-state index contributed by atoms with van der Waals surface area (Å²) >= 11 is 0. The largest absolute Gasteiger partial charge is 0.489 e. The van der Waals surface area contributed by atoms with Crippen LogP contribution in [0.25, 0.3) is 10.9 Å². The van der Waals surface area contributed by atoms with Crippen molar-refractivity contribution < 1.29 is 19.5 Å². The molecule has 5 rings (SSSR count). The van der Waals surface area contributed by atoms with Gasteiger partial charge in [-0.3, -0.25) is 24.7 Å². The van der Waals surface area contributed by atoms with E-state index in [1.54, 1.807) is 17.6 Å². The predicted octanol–water partition coefficient (Wildman–Crippen LogP) is 3.67. The molecule has 3 N–H and O–H groups in total. The number of fused-ring (bicyclic) bond motifs is 1. The van der Waals surface area contributed by atoms with Gasteiger partial charge < -0.3 is 10.1 Å². The Bertz CT molecular complexity index is 1260. The minimum absolute atomic E-state index is 0.0976. The molecule has 8 heteroatoms. The van der Waals surface area contributed by atoms with Gasteiger partial charge in [-0.05, 0) is 75.0 Å². The molecule has 182 valence electrons. The Morgan fingerprint density at radius 2 is 1.89 bits per heavy atom. The van der Waals surface area contributed by atoms with Gasteiger partial charge in [-0.15, -0.1) is 0 Å². The van der Waals surface area contributed by atoms with Crippen LogP contribution in [0.5, 0.6) is 5.75 Å². The van der Waals surface area contributed by atoms with Gasteiger partial charge in [-0.25, -0.2) is 5.48 Å². The van der Waals surface area contributed by atoms with Crippen LogP contribution in [0.3, 0.4) is 0 Å². The molecule has 8 nitrogen and oxygen atoms in total. The van der Waals surface area contributed by atoms with Crippen molar-refractivity contribution in [2.45, 2.75) is 38.8 Å². The molecule has 35 heavy (non-hydrogen) atoms. The highest BCUT2D eigenvalue weighted by atomic mass is 16.5. The van der Waals surface area contributed by atoms with Gasteiger partial charge in [0.15, 0.2) is 0 Å². The number of amides is 2. The van der Waals surface area contributed by atoms with Gasteiger partial charge in [0.05, 0.1) is 11.4 Å². The number of pyridine rings is 1. The molecule has 2 fully saturated rings. The summed E-state index contributed by atoms with van der Waals surface area (Å²) in [6.07, 6.45) is 2.71. The zero-order chi connectivity index (χ0) is 24.6. The monoisotopic (exact) mass is 474 g/mol. The zero-order valence-electron chi connectivity index (χ0n) is 20.0. The number of carbonyl (C=O) groups is 2. The second kappa shape index (κ2) is 9.28. The van der Waals surface area contributed by atoms with Gasteiger partial charge in [0.25, 0.3) is 0 Å². The van der Waals surface area contributed by atoms with E-state index in [0.717, 1.165) is 41.5 Å². The SMILES string of the molecule is Cc1cc(COc2ccc(NC(=O)[C@@H]3[C@@H](C(=O)NO)CC4(CC4)CN3C)cc2)c2ccccc2n1. The molecule has 1 aromatic heterocycles. The van der Waals surface area contributed by atoms with E-state index >= 15 is 0 Å². The van der Waals surface area contributed by atoms with Crippen molar-refractivity contribution in [2.75, 3.05) is 18.9 Å². The molecular weight excluding hydrogens is 444 g/mol. The van der Waals surface area contributed by atoms with Crippen LogP contribution < -0.4 is 15.5 Å². The van der Waals surface area contributed by atoms with Crippen LogP contribution in [0.15, 0.2) is 54.6 Å². The minimum atomic E-state index is -0.646. The van der Waals surface area contributed by atoms with Crippen LogP contribution in [0.1, 0.15) is 30.5 Å². The summed E-state index contributed by atoms with van der Waals surface area (Å²) in [5.74, 6) is -0.679. The fourth-order valence-corrected chi connectivity index (χ4v) is 5.34. The normalized spacial score (nSPS) is 21.0. The molecule has 2 heterocycles. The number of hydroxylamine groups is 1. The number of likely N-dealkylation sites (N-methyl/N-ethyl adjacent to an activating group) is 1. The van der Waals surface area contributed by atoms with E-state index in [1.807, 2.05) is 61.3 Å². The van der Waals surface area contributed by atoms with Crippen LogP contribution in [-0.4, -0.2) is 46.5 Å². The van der Waals surface area contributed by atoms with Crippen LogP contribution >= 0.6 is 0 Å². The van der Waals surface area contributed by atoms with E-state index in [0.29, 0.717) is 24.5 Å². The Morgan fingerprint density at radius 1 is 1.14 bits per heavy atom. The van der Waals surface area contributed by atoms with E-state index < -0.39 is 17.9 Å². The number of rotatable bonds is 6. The smallest absolute Gasteiger partial charge is 0.248 e. The van der Waals surface area contributed by atoms with Gasteiger partial charge in [-0.2, -0.15) is 0 Å². The van der Waals surface area contributed by atoms with E-state index in [-0.39, 0.29) is 11.3 Å². The van der Waals surface area contributed by atoms with Gasteiger partial charge in [0, 0.05) is 28.9 Å². The summed E-state index contributed by atoms with van der Waals surface area (Å²) in [5, 5.41) is 13.2. The number of nitrogens with zero attached hydrogens (tertiary/aromatic N) is 2. The second-order valence-corrected chi connectivity index (χ2v) is 9.89. The third kappa shape index (κ3) is 4.85. The lowest BCUT2D eigenvalue weighted by Gasteiger charge is -2.41. The maximum atomic E-state index is 13.1. The Morgan fingerprint density at radius 3 is 2.60 bits per heavy atom.